The molecule has 0 heterocycles. The fourth-order valence-electron chi connectivity index (χ4n) is 1.93. The SMILES string of the molecule is CC(NC(=O)c1cc(N)cc(Br)c1)c1ccccc1Cl. The average molecular weight is 354 g/mol. The van der Waals surface area contributed by atoms with Gasteiger partial charge in [0.05, 0.1) is 6.04 Å². The Labute approximate surface area is 131 Å². The van der Waals surface area contributed by atoms with Crippen LogP contribution in [0, 0.1) is 0 Å². The number of nitrogens with one attached hydrogen (secondary N) is 1. The predicted octanol–water partition coefficient (Wildman–Crippen LogP) is 4.18. The summed E-state index contributed by atoms with van der Waals surface area (Å²) in [6, 6.07) is 12.4. The maximum absolute atomic E-state index is 12.2. The second-order valence-corrected chi connectivity index (χ2v) is 5.81. The summed E-state index contributed by atoms with van der Waals surface area (Å²) >= 11 is 9.44. The molecule has 1 atom stereocenters. The van der Waals surface area contributed by atoms with Crippen LogP contribution < -0.4 is 11.1 Å². The molecule has 0 aliphatic carbocycles. The highest BCUT2D eigenvalue weighted by molar-refractivity contribution is 9.10. The number of carbonyl (C=O) groups excluding carboxylic acids is 1. The third-order valence-corrected chi connectivity index (χ3v) is 3.70. The van der Waals surface area contributed by atoms with Gasteiger partial charge in [0.1, 0.15) is 0 Å². The molecule has 0 radical (unpaired) electrons. The number of hydrogen-bond acceptors (Lipinski definition) is 2. The van der Waals surface area contributed by atoms with Crippen LogP contribution in [0.4, 0.5) is 5.69 Å². The van der Waals surface area contributed by atoms with E-state index >= 15 is 0 Å². The van der Waals surface area contributed by atoms with Gasteiger partial charge in [-0.25, -0.2) is 0 Å². The van der Waals surface area contributed by atoms with Crippen LogP contribution in [-0.2, 0) is 0 Å². The Balaban J connectivity index is 2.17. The van der Waals surface area contributed by atoms with Gasteiger partial charge in [-0.3, -0.25) is 4.79 Å². The van der Waals surface area contributed by atoms with Crippen LogP contribution in [-0.4, -0.2) is 5.91 Å². The third kappa shape index (κ3) is 3.52. The molecule has 2 aromatic carbocycles. The zero-order valence-electron chi connectivity index (χ0n) is 10.9. The summed E-state index contributed by atoms with van der Waals surface area (Å²) in [5.74, 6) is -0.189. The van der Waals surface area contributed by atoms with Gasteiger partial charge in [-0.05, 0) is 36.8 Å². The van der Waals surface area contributed by atoms with Crippen molar-refractivity contribution in [3.8, 4) is 0 Å². The van der Waals surface area contributed by atoms with Gasteiger partial charge in [-0.15, -0.1) is 0 Å². The molecular weight excluding hydrogens is 340 g/mol. The van der Waals surface area contributed by atoms with E-state index in [-0.39, 0.29) is 11.9 Å². The first-order valence-electron chi connectivity index (χ1n) is 6.08. The molecule has 20 heavy (non-hydrogen) atoms. The van der Waals surface area contributed by atoms with Crippen LogP contribution in [0.25, 0.3) is 0 Å². The highest BCUT2D eigenvalue weighted by atomic mass is 79.9. The Morgan fingerprint density at radius 1 is 1.30 bits per heavy atom. The van der Waals surface area contributed by atoms with E-state index in [0.29, 0.717) is 16.3 Å². The number of carbonyl (C=O) groups is 1. The van der Waals surface area contributed by atoms with E-state index < -0.39 is 0 Å². The molecule has 3 nitrogen and oxygen atoms in total. The van der Waals surface area contributed by atoms with Gasteiger partial charge in [-0.2, -0.15) is 0 Å². The molecule has 3 N–H and O–H groups in total. The lowest BCUT2D eigenvalue weighted by molar-refractivity contribution is 0.0940. The smallest absolute Gasteiger partial charge is 0.251 e. The summed E-state index contributed by atoms with van der Waals surface area (Å²) < 4.78 is 0.771. The molecule has 2 rings (SSSR count). The molecule has 0 fully saturated rings. The molecule has 0 spiro atoms. The molecule has 0 aliphatic rings. The summed E-state index contributed by atoms with van der Waals surface area (Å²) in [5, 5.41) is 3.54. The third-order valence-electron chi connectivity index (χ3n) is 2.90. The van der Waals surface area contributed by atoms with E-state index in [1.807, 2.05) is 25.1 Å². The zero-order valence-corrected chi connectivity index (χ0v) is 13.2. The average Bonchev–Trinajstić information content (AvgIpc) is 2.37. The van der Waals surface area contributed by atoms with Crippen LogP contribution in [0.1, 0.15) is 28.9 Å². The predicted molar refractivity (Wildman–Crippen MR) is 85.9 cm³/mol. The van der Waals surface area contributed by atoms with Crippen LogP contribution in [0.5, 0.6) is 0 Å². The number of anilines is 1. The maximum atomic E-state index is 12.2. The minimum atomic E-state index is -0.189. The van der Waals surface area contributed by atoms with Crippen molar-refractivity contribution in [2.75, 3.05) is 5.73 Å². The number of rotatable bonds is 3. The van der Waals surface area contributed by atoms with Gasteiger partial charge < -0.3 is 11.1 Å². The second kappa shape index (κ2) is 6.29. The molecule has 0 aromatic heterocycles. The van der Waals surface area contributed by atoms with Gasteiger partial charge in [0.15, 0.2) is 0 Å². The monoisotopic (exact) mass is 352 g/mol. The highest BCUT2D eigenvalue weighted by Gasteiger charge is 2.14. The van der Waals surface area contributed by atoms with Gasteiger partial charge in [0.25, 0.3) is 5.91 Å². The van der Waals surface area contributed by atoms with Crippen LogP contribution in [0.2, 0.25) is 5.02 Å². The second-order valence-electron chi connectivity index (χ2n) is 4.49. The minimum absolute atomic E-state index is 0.184. The lowest BCUT2D eigenvalue weighted by Crippen LogP contribution is -2.26. The number of hydrogen-bond donors (Lipinski definition) is 2. The van der Waals surface area contributed by atoms with E-state index in [9.17, 15) is 4.79 Å². The number of nitrogen functional groups attached to an aromatic ring is 1. The lowest BCUT2D eigenvalue weighted by atomic mass is 10.1. The Morgan fingerprint density at radius 3 is 2.65 bits per heavy atom. The quantitative estimate of drug-likeness (QED) is 0.813. The van der Waals surface area contributed by atoms with E-state index in [0.717, 1.165) is 10.0 Å². The summed E-state index contributed by atoms with van der Waals surface area (Å²) in [4.78, 5) is 12.2. The van der Waals surface area contributed by atoms with Crippen molar-refractivity contribution in [3.63, 3.8) is 0 Å². The van der Waals surface area contributed by atoms with Crippen LogP contribution in [0.15, 0.2) is 46.9 Å². The fraction of sp³-hybridized carbons (Fsp3) is 0.133. The van der Waals surface area contributed by atoms with Gasteiger partial charge in [0, 0.05) is 20.7 Å². The van der Waals surface area contributed by atoms with Crippen molar-refractivity contribution in [1.82, 2.24) is 5.32 Å². The Morgan fingerprint density at radius 2 is 2.00 bits per heavy atom. The summed E-state index contributed by atoms with van der Waals surface area (Å²) in [6.45, 7) is 1.89. The van der Waals surface area contributed by atoms with Gasteiger partial charge >= 0.3 is 0 Å². The molecule has 0 bridgehead atoms. The minimum Gasteiger partial charge on any atom is -0.399 e. The molecule has 1 unspecified atom stereocenters. The number of benzene rings is 2. The number of nitrogens with two attached hydrogens (primary N) is 1. The Bertz CT molecular complexity index is 625. The fourth-order valence-corrected chi connectivity index (χ4v) is 2.74. The van der Waals surface area contributed by atoms with E-state index in [1.54, 1.807) is 24.3 Å². The molecule has 1 amide bonds. The Kier molecular flexibility index (Phi) is 4.68. The largest absolute Gasteiger partial charge is 0.399 e. The van der Waals surface area contributed by atoms with Crippen LogP contribution >= 0.6 is 27.5 Å². The normalized spacial score (nSPS) is 11.9. The molecule has 0 saturated carbocycles. The summed E-state index contributed by atoms with van der Waals surface area (Å²) in [5.41, 5.74) is 7.66. The topological polar surface area (TPSA) is 55.1 Å². The maximum Gasteiger partial charge on any atom is 0.251 e. The molecule has 2 aromatic rings. The van der Waals surface area contributed by atoms with Crippen molar-refractivity contribution in [1.29, 1.82) is 0 Å². The van der Waals surface area contributed by atoms with Crippen molar-refractivity contribution in [2.45, 2.75) is 13.0 Å². The molecule has 0 saturated heterocycles. The number of amides is 1. The van der Waals surface area contributed by atoms with Crippen LogP contribution in [0.3, 0.4) is 0 Å². The first kappa shape index (κ1) is 14.9. The van der Waals surface area contributed by atoms with E-state index in [4.69, 9.17) is 17.3 Å². The molecule has 104 valence electrons. The zero-order chi connectivity index (χ0) is 14.7. The van der Waals surface area contributed by atoms with Crippen molar-refractivity contribution in [2.24, 2.45) is 0 Å². The molecule has 0 aliphatic heterocycles. The first-order valence-corrected chi connectivity index (χ1v) is 7.26. The van der Waals surface area contributed by atoms with Gasteiger partial charge in [0.2, 0.25) is 0 Å². The van der Waals surface area contributed by atoms with E-state index in [1.165, 1.54) is 0 Å². The molecular formula is C15H14BrClN2O. The lowest BCUT2D eigenvalue weighted by Gasteiger charge is -2.16. The first-order chi connectivity index (χ1) is 9.47. The highest BCUT2D eigenvalue weighted by Crippen LogP contribution is 2.23. The van der Waals surface area contributed by atoms with Crippen molar-refractivity contribution >= 4 is 39.1 Å². The van der Waals surface area contributed by atoms with E-state index in [2.05, 4.69) is 21.2 Å². The summed E-state index contributed by atoms with van der Waals surface area (Å²) in [6.07, 6.45) is 0. The Hall–Kier alpha value is -1.52. The molecule has 5 heteroatoms. The number of halogens is 2. The summed E-state index contributed by atoms with van der Waals surface area (Å²) in [7, 11) is 0. The standard InChI is InChI=1S/C15H14BrClN2O/c1-9(13-4-2-3-5-14(13)17)19-15(20)10-6-11(16)8-12(18)7-10/h2-9H,18H2,1H3,(H,19,20). The van der Waals surface area contributed by atoms with Gasteiger partial charge in [-0.1, -0.05) is 45.7 Å². The van der Waals surface area contributed by atoms with Crippen molar-refractivity contribution < 1.29 is 4.79 Å². The van der Waals surface area contributed by atoms with Crippen molar-refractivity contribution in [3.05, 3.63) is 63.1 Å².